The van der Waals surface area contributed by atoms with Gasteiger partial charge in [0.05, 0.1) is 20.8 Å². The number of amides is 2. The molecule has 0 unspecified atom stereocenters. The predicted molar refractivity (Wildman–Crippen MR) is 122 cm³/mol. The van der Waals surface area contributed by atoms with Crippen LogP contribution >= 0.6 is 11.6 Å². The largest absolute Gasteiger partial charge is 0.481 e. The molecule has 3 atom stereocenters. The number of hydrogen-bond acceptors (Lipinski definition) is 6. The van der Waals surface area contributed by atoms with Crippen molar-refractivity contribution < 1.29 is 35.9 Å². The molecule has 0 spiro atoms. The number of carbonyl (C=O) groups excluding carboxylic acids is 2. The van der Waals surface area contributed by atoms with Gasteiger partial charge in [-0.1, -0.05) is 32.4 Å². The topological polar surface area (TPSA) is 119 Å². The van der Waals surface area contributed by atoms with Crippen LogP contribution in [0, 0.1) is 5.41 Å². The van der Waals surface area contributed by atoms with Gasteiger partial charge >= 0.3 is 6.18 Å². The predicted octanol–water partition coefficient (Wildman–Crippen LogP) is 3.02. The van der Waals surface area contributed by atoms with Crippen molar-refractivity contribution in [2.24, 2.45) is 11.1 Å². The van der Waals surface area contributed by atoms with E-state index in [1.165, 1.54) is 4.90 Å². The van der Waals surface area contributed by atoms with E-state index in [4.69, 9.17) is 22.1 Å². The molecule has 3 N–H and O–H groups in total. The van der Waals surface area contributed by atoms with Crippen molar-refractivity contribution in [3.8, 4) is 5.75 Å². The van der Waals surface area contributed by atoms with Crippen LogP contribution in [-0.4, -0.2) is 60.9 Å². The molecule has 1 saturated heterocycles. The molecule has 1 aromatic rings. The summed E-state index contributed by atoms with van der Waals surface area (Å²) in [4.78, 5) is 26.9. The number of likely N-dealkylation sites (tertiary alicyclic amines) is 1. The van der Waals surface area contributed by atoms with Crippen LogP contribution in [0.3, 0.4) is 0 Å². The molecular weight excluding hydrogens is 511 g/mol. The zero-order chi connectivity index (χ0) is 26.6. The highest BCUT2D eigenvalue weighted by Gasteiger charge is 2.50. The molecule has 2 fully saturated rings. The summed E-state index contributed by atoms with van der Waals surface area (Å²) in [7, 11) is -4.16. The van der Waals surface area contributed by atoms with Gasteiger partial charge in [-0.05, 0) is 38.3 Å². The van der Waals surface area contributed by atoms with Crippen molar-refractivity contribution in [1.29, 1.82) is 0 Å². The van der Waals surface area contributed by atoms with Gasteiger partial charge in [0.15, 0.2) is 15.9 Å². The van der Waals surface area contributed by atoms with E-state index in [0.717, 1.165) is 25.1 Å². The van der Waals surface area contributed by atoms with Crippen molar-refractivity contribution in [3.63, 3.8) is 0 Å². The first-order valence-corrected chi connectivity index (χ1v) is 13.0. The molecule has 13 heteroatoms. The van der Waals surface area contributed by atoms with E-state index in [2.05, 4.69) is 5.32 Å². The van der Waals surface area contributed by atoms with Crippen molar-refractivity contribution >= 4 is 33.3 Å². The van der Waals surface area contributed by atoms with Crippen LogP contribution in [0.15, 0.2) is 23.1 Å². The minimum Gasteiger partial charge on any atom is -0.481 e. The molecule has 0 bridgehead atoms. The Morgan fingerprint density at radius 2 is 1.86 bits per heavy atom. The average molecular weight is 540 g/mol. The number of benzene rings is 1. The first-order chi connectivity index (χ1) is 15.8. The minimum absolute atomic E-state index is 0.175. The molecule has 1 aliphatic heterocycles. The van der Waals surface area contributed by atoms with Gasteiger partial charge in [-0.3, -0.25) is 9.59 Å². The molecule has 196 valence electrons. The fraction of sp³-hybridized carbons (Fsp3) is 0.636. The maximum absolute atomic E-state index is 13.4. The summed E-state index contributed by atoms with van der Waals surface area (Å²) in [5.41, 5.74) is 4.25. The molecule has 8 nitrogen and oxygen atoms in total. The highest BCUT2D eigenvalue weighted by molar-refractivity contribution is 7.92. The zero-order valence-electron chi connectivity index (χ0n) is 19.8. The van der Waals surface area contributed by atoms with Gasteiger partial charge in [0.2, 0.25) is 11.8 Å². The molecule has 2 aliphatic rings. The third kappa shape index (κ3) is 6.03. The Bertz CT molecular complexity index is 1120. The van der Waals surface area contributed by atoms with Gasteiger partial charge in [0.25, 0.3) is 0 Å². The summed E-state index contributed by atoms with van der Waals surface area (Å²) >= 11 is 6.14. The number of hydrogen-bond donors (Lipinski definition) is 2. The summed E-state index contributed by atoms with van der Waals surface area (Å²) in [6.45, 7) is 5.56. The second-order valence-corrected chi connectivity index (χ2v) is 12.8. The summed E-state index contributed by atoms with van der Waals surface area (Å²) in [5.74, 6) is -1.17. The number of sulfone groups is 1. The van der Waals surface area contributed by atoms with Crippen LogP contribution in [0.1, 0.15) is 47.0 Å². The monoisotopic (exact) mass is 539 g/mol. The Morgan fingerprint density at radius 1 is 1.26 bits per heavy atom. The third-order valence-electron chi connectivity index (χ3n) is 6.05. The number of ether oxygens (including phenoxy) is 1. The molecule has 3 rings (SSSR count). The van der Waals surface area contributed by atoms with Crippen LogP contribution in [0.4, 0.5) is 13.2 Å². The standard InChI is InChI=1S/C22H29ClF3N3O5S/c1-12(22(24,25)26)34-13-5-6-17(15(23)9-13)35(32,33)14-10-16(18(30)28-21(27)7-8-21)29(11-14)19(31)20(2,3)4/h5-6,9,12,14,16H,7-8,10-11,27H2,1-4H3,(H,28,30)/t12-,14+,16+/m0/s1. The van der Waals surface area contributed by atoms with E-state index in [0.29, 0.717) is 12.8 Å². The molecule has 2 amide bonds. The maximum atomic E-state index is 13.4. The number of halogens is 4. The summed E-state index contributed by atoms with van der Waals surface area (Å²) < 4.78 is 70.0. The second-order valence-electron chi connectivity index (χ2n) is 10.2. The lowest BCUT2D eigenvalue weighted by molar-refractivity contribution is -0.189. The van der Waals surface area contributed by atoms with Gasteiger partial charge in [0.1, 0.15) is 11.8 Å². The lowest BCUT2D eigenvalue weighted by Crippen LogP contribution is -2.54. The van der Waals surface area contributed by atoms with E-state index < -0.39 is 56.3 Å². The third-order valence-corrected chi connectivity index (χ3v) is 8.66. The van der Waals surface area contributed by atoms with Gasteiger partial charge in [-0.2, -0.15) is 13.2 Å². The highest BCUT2D eigenvalue weighted by atomic mass is 35.5. The van der Waals surface area contributed by atoms with Crippen LogP contribution in [0.5, 0.6) is 5.75 Å². The quantitative estimate of drug-likeness (QED) is 0.536. The fourth-order valence-electron chi connectivity index (χ4n) is 3.75. The number of nitrogens with one attached hydrogen (secondary N) is 1. The van der Waals surface area contributed by atoms with Gasteiger partial charge in [-0.15, -0.1) is 0 Å². The maximum Gasteiger partial charge on any atom is 0.425 e. The number of carbonyl (C=O) groups is 2. The van der Waals surface area contributed by atoms with E-state index in [1.807, 2.05) is 0 Å². The Kier molecular flexibility index (Phi) is 7.17. The average Bonchev–Trinajstić information content (AvgIpc) is 3.25. The molecule has 1 aliphatic carbocycles. The van der Waals surface area contributed by atoms with Crippen LogP contribution in [0.2, 0.25) is 5.02 Å². The first kappa shape index (κ1) is 27.5. The fourth-order valence-corrected chi connectivity index (χ4v) is 5.98. The smallest absolute Gasteiger partial charge is 0.425 e. The van der Waals surface area contributed by atoms with Crippen molar-refractivity contribution in [3.05, 3.63) is 23.2 Å². The van der Waals surface area contributed by atoms with E-state index >= 15 is 0 Å². The number of rotatable bonds is 6. The number of alkyl halides is 3. The normalized spacial score (nSPS) is 23.1. The van der Waals surface area contributed by atoms with Gasteiger partial charge in [-0.25, -0.2) is 8.42 Å². The van der Waals surface area contributed by atoms with Gasteiger partial charge < -0.3 is 20.7 Å². The van der Waals surface area contributed by atoms with Gasteiger partial charge in [0, 0.05) is 18.0 Å². The van der Waals surface area contributed by atoms with E-state index in [9.17, 15) is 31.2 Å². The SMILES string of the molecule is C[C@H](Oc1ccc(S(=O)(=O)[C@@H]2C[C@H](C(=O)NC3(N)CC3)N(C(=O)C(C)(C)C)C2)c(Cl)c1)C(F)(F)F. The molecule has 1 aromatic carbocycles. The lowest BCUT2D eigenvalue weighted by atomic mass is 9.94. The van der Waals surface area contributed by atoms with Crippen LogP contribution < -0.4 is 15.8 Å². The highest BCUT2D eigenvalue weighted by Crippen LogP contribution is 2.37. The van der Waals surface area contributed by atoms with Crippen LogP contribution in [0.25, 0.3) is 0 Å². The Labute approximate surface area is 207 Å². The van der Waals surface area contributed by atoms with E-state index in [-0.39, 0.29) is 28.6 Å². The minimum atomic E-state index is -4.61. The number of nitrogens with two attached hydrogens (primary N) is 1. The zero-order valence-corrected chi connectivity index (χ0v) is 21.4. The van der Waals surface area contributed by atoms with Crippen molar-refractivity contribution in [1.82, 2.24) is 10.2 Å². The van der Waals surface area contributed by atoms with E-state index in [1.54, 1.807) is 20.8 Å². The Morgan fingerprint density at radius 3 is 2.34 bits per heavy atom. The molecular formula is C22H29ClF3N3O5S. The van der Waals surface area contributed by atoms with Crippen LogP contribution in [-0.2, 0) is 19.4 Å². The Hall–Kier alpha value is -2.05. The first-order valence-electron chi connectivity index (χ1n) is 11.0. The van der Waals surface area contributed by atoms with Crippen molar-refractivity contribution in [2.45, 2.75) is 81.1 Å². The number of nitrogens with zero attached hydrogens (tertiary/aromatic N) is 1. The van der Waals surface area contributed by atoms with Crippen molar-refractivity contribution in [2.75, 3.05) is 6.54 Å². The molecule has 35 heavy (non-hydrogen) atoms. The summed E-state index contributed by atoms with van der Waals surface area (Å²) in [5, 5.41) is 1.21. The second kappa shape index (κ2) is 9.11. The molecule has 1 saturated carbocycles. The molecule has 0 radical (unpaired) electrons. The molecule has 1 heterocycles. The lowest BCUT2D eigenvalue weighted by Gasteiger charge is -2.30. The molecule has 0 aromatic heterocycles. The summed E-state index contributed by atoms with van der Waals surface area (Å²) in [6, 6.07) is 2.11. The summed E-state index contributed by atoms with van der Waals surface area (Å²) in [6.07, 6.45) is -5.74. The Balaban J connectivity index is 1.87.